The first kappa shape index (κ1) is 20.3. The van der Waals surface area contributed by atoms with Crippen molar-refractivity contribution in [3.05, 3.63) is 58.0 Å². The van der Waals surface area contributed by atoms with Gasteiger partial charge < -0.3 is 20.1 Å². The first-order valence-electron chi connectivity index (χ1n) is 10.7. The van der Waals surface area contributed by atoms with Crippen LogP contribution < -0.4 is 21.1 Å². The van der Waals surface area contributed by atoms with Gasteiger partial charge in [0.2, 0.25) is 5.91 Å². The molecule has 7 nitrogen and oxygen atoms in total. The van der Waals surface area contributed by atoms with Crippen LogP contribution in [0.3, 0.4) is 0 Å². The average Bonchev–Trinajstić information content (AvgIpc) is 3.17. The molecule has 1 atom stereocenters. The normalized spacial score (nSPS) is 19.2. The highest BCUT2D eigenvalue weighted by molar-refractivity contribution is 6.05. The summed E-state index contributed by atoms with van der Waals surface area (Å²) in [5.41, 5.74) is 2.02. The molecule has 0 radical (unpaired) electrons. The zero-order valence-corrected chi connectivity index (χ0v) is 17.3. The van der Waals surface area contributed by atoms with E-state index < -0.39 is 5.91 Å². The van der Waals surface area contributed by atoms with E-state index in [1.165, 1.54) is 0 Å². The number of nitrogens with one attached hydrogen (secondary N) is 2. The molecule has 1 aromatic heterocycles. The number of aryl methyl sites for hydroxylation is 1. The van der Waals surface area contributed by atoms with Crippen LogP contribution in [0.25, 0.3) is 0 Å². The van der Waals surface area contributed by atoms with Gasteiger partial charge >= 0.3 is 0 Å². The molecule has 0 bridgehead atoms. The Labute approximate surface area is 176 Å². The van der Waals surface area contributed by atoms with E-state index in [0.29, 0.717) is 30.1 Å². The molecule has 0 saturated carbocycles. The third-order valence-corrected chi connectivity index (χ3v) is 5.96. The van der Waals surface area contributed by atoms with Crippen LogP contribution in [0, 0.1) is 12.8 Å². The van der Waals surface area contributed by atoms with Crippen LogP contribution in [0.15, 0.2) is 41.3 Å². The summed E-state index contributed by atoms with van der Waals surface area (Å²) >= 11 is 0. The molecule has 2 aromatic rings. The van der Waals surface area contributed by atoms with Crippen LogP contribution in [0.5, 0.6) is 0 Å². The molecule has 0 spiro atoms. The summed E-state index contributed by atoms with van der Waals surface area (Å²) < 4.78 is 1.65. The molecule has 30 heavy (non-hydrogen) atoms. The summed E-state index contributed by atoms with van der Waals surface area (Å²) in [5.74, 6) is 0.120. The number of hydrogen-bond acceptors (Lipinski definition) is 4. The molecule has 2 amide bonds. The maximum Gasteiger partial charge on any atom is 0.263 e. The van der Waals surface area contributed by atoms with Crippen molar-refractivity contribution in [2.45, 2.75) is 39.2 Å². The maximum absolute atomic E-state index is 13.0. The Morgan fingerprint density at radius 3 is 2.63 bits per heavy atom. The van der Waals surface area contributed by atoms with Gasteiger partial charge in [0.15, 0.2) is 0 Å². The van der Waals surface area contributed by atoms with Gasteiger partial charge in [0, 0.05) is 37.1 Å². The van der Waals surface area contributed by atoms with Gasteiger partial charge in [-0.25, -0.2) is 0 Å². The number of carbonyl (C=O) groups excluding carboxylic acids is 2. The Bertz CT molecular complexity index is 990. The number of amides is 2. The molecule has 2 aliphatic heterocycles. The molecule has 2 aliphatic rings. The molecule has 0 aliphatic carbocycles. The minimum Gasteiger partial charge on any atom is -0.322 e. The van der Waals surface area contributed by atoms with Crippen LogP contribution in [-0.4, -0.2) is 36.0 Å². The molecule has 2 N–H and O–H groups in total. The second kappa shape index (κ2) is 8.83. The molecule has 158 valence electrons. The lowest BCUT2D eigenvalue weighted by Gasteiger charge is -2.23. The lowest BCUT2D eigenvalue weighted by molar-refractivity contribution is -0.117. The molecule has 7 heteroatoms. The van der Waals surface area contributed by atoms with Gasteiger partial charge in [-0.2, -0.15) is 0 Å². The summed E-state index contributed by atoms with van der Waals surface area (Å²) in [6, 6.07) is 9.01. The number of benzene rings is 1. The minimum absolute atomic E-state index is 0.125. The van der Waals surface area contributed by atoms with Crippen LogP contribution in [0.4, 0.5) is 11.4 Å². The predicted octanol–water partition coefficient (Wildman–Crippen LogP) is 2.54. The first-order valence-corrected chi connectivity index (χ1v) is 10.7. The summed E-state index contributed by atoms with van der Waals surface area (Å²) in [6.07, 6.45) is 5.42. The Kier molecular flexibility index (Phi) is 5.99. The van der Waals surface area contributed by atoms with Crippen LogP contribution in [-0.2, 0) is 11.3 Å². The van der Waals surface area contributed by atoms with E-state index in [0.717, 1.165) is 44.6 Å². The number of nitrogens with zero attached hydrogens (tertiary/aromatic N) is 2. The average molecular weight is 409 g/mol. The minimum atomic E-state index is -0.404. The highest BCUT2D eigenvalue weighted by Crippen LogP contribution is 2.23. The number of rotatable bonds is 5. The molecule has 2 saturated heterocycles. The van der Waals surface area contributed by atoms with Crippen molar-refractivity contribution in [3.63, 3.8) is 0 Å². The van der Waals surface area contributed by atoms with Crippen molar-refractivity contribution in [2.75, 3.05) is 29.9 Å². The van der Waals surface area contributed by atoms with E-state index in [4.69, 9.17) is 0 Å². The largest absolute Gasteiger partial charge is 0.322 e. The zero-order valence-electron chi connectivity index (χ0n) is 17.3. The molecule has 1 unspecified atom stereocenters. The van der Waals surface area contributed by atoms with E-state index in [2.05, 4.69) is 10.6 Å². The van der Waals surface area contributed by atoms with E-state index in [1.807, 2.05) is 18.2 Å². The number of anilines is 2. The fourth-order valence-corrected chi connectivity index (χ4v) is 4.28. The number of piperidine rings is 1. The van der Waals surface area contributed by atoms with Crippen molar-refractivity contribution in [1.29, 1.82) is 0 Å². The van der Waals surface area contributed by atoms with Crippen molar-refractivity contribution in [3.8, 4) is 0 Å². The smallest absolute Gasteiger partial charge is 0.263 e. The highest BCUT2D eigenvalue weighted by Gasteiger charge is 2.22. The summed E-state index contributed by atoms with van der Waals surface area (Å²) in [4.78, 5) is 39.5. The summed E-state index contributed by atoms with van der Waals surface area (Å²) in [7, 11) is 0. The number of aromatic nitrogens is 1. The Morgan fingerprint density at radius 1 is 1.17 bits per heavy atom. The molecular formula is C23H28N4O3. The number of hydrogen-bond donors (Lipinski definition) is 2. The topological polar surface area (TPSA) is 83.4 Å². The Hall–Kier alpha value is -2.93. The summed E-state index contributed by atoms with van der Waals surface area (Å²) in [6.45, 7) is 5.05. The predicted molar refractivity (Wildman–Crippen MR) is 117 cm³/mol. The Morgan fingerprint density at radius 2 is 1.97 bits per heavy atom. The van der Waals surface area contributed by atoms with E-state index in [1.54, 1.807) is 34.7 Å². The lowest BCUT2D eigenvalue weighted by atomic mass is 9.99. The second-order valence-corrected chi connectivity index (χ2v) is 8.19. The highest BCUT2D eigenvalue weighted by atomic mass is 16.2. The fourth-order valence-electron chi connectivity index (χ4n) is 4.28. The molecule has 2 fully saturated rings. The van der Waals surface area contributed by atoms with Gasteiger partial charge in [0.1, 0.15) is 5.56 Å². The standard InChI is InChI=1S/C23H28N4O3/c1-16-10-13-26(15-17-4-2-11-24-14-17)23(30)21(16)22(29)25-18-6-8-19(9-7-18)27-12-3-5-20(27)28/h6-10,13,17,24H,2-5,11-12,14-15H2,1H3,(H,25,29). The van der Waals surface area contributed by atoms with Crippen molar-refractivity contribution >= 4 is 23.2 Å². The maximum atomic E-state index is 13.0. The Balaban J connectivity index is 1.49. The van der Waals surface area contributed by atoms with Crippen molar-refractivity contribution in [1.82, 2.24) is 9.88 Å². The summed E-state index contributed by atoms with van der Waals surface area (Å²) in [5, 5.41) is 6.20. The zero-order chi connectivity index (χ0) is 21.1. The molecule has 4 rings (SSSR count). The first-order chi connectivity index (χ1) is 14.5. The second-order valence-electron chi connectivity index (χ2n) is 8.19. The van der Waals surface area contributed by atoms with E-state index in [-0.39, 0.29) is 17.0 Å². The van der Waals surface area contributed by atoms with E-state index >= 15 is 0 Å². The lowest BCUT2D eigenvalue weighted by Crippen LogP contribution is -2.36. The third-order valence-electron chi connectivity index (χ3n) is 5.96. The fraction of sp³-hybridized carbons (Fsp3) is 0.435. The SMILES string of the molecule is Cc1ccn(CC2CCCNC2)c(=O)c1C(=O)Nc1ccc(N2CCCC2=O)cc1. The molecular weight excluding hydrogens is 380 g/mol. The van der Waals surface area contributed by atoms with Crippen LogP contribution in [0.2, 0.25) is 0 Å². The third kappa shape index (κ3) is 4.31. The van der Waals surface area contributed by atoms with Gasteiger partial charge in [0.05, 0.1) is 0 Å². The van der Waals surface area contributed by atoms with Gasteiger partial charge in [-0.3, -0.25) is 14.4 Å². The van der Waals surface area contributed by atoms with Gasteiger partial charge in [-0.15, -0.1) is 0 Å². The number of carbonyl (C=O) groups is 2. The van der Waals surface area contributed by atoms with Crippen LogP contribution in [0.1, 0.15) is 41.6 Å². The van der Waals surface area contributed by atoms with Gasteiger partial charge in [-0.1, -0.05) is 0 Å². The van der Waals surface area contributed by atoms with Crippen molar-refractivity contribution < 1.29 is 9.59 Å². The van der Waals surface area contributed by atoms with Gasteiger partial charge in [-0.05, 0) is 81.1 Å². The molecule has 3 heterocycles. The van der Waals surface area contributed by atoms with Crippen molar-refractivity contribution in [2.24, 2.45) is 5.92 Å². The number of pyridine rings is 1. The van der Waals surface area contributed by atoms with E-state index in [9.17, 15) is 14.4 Å². The quantitative estimate of drug-likeness (QED) is 0.796. The van der Waals surface area contributed by atoms with Gasteiger partial charge in [0.25, 0.3) is 11.5 Å². The van der Waals surface area contributed by atoms with Crippen LogP contribution >= 0.6 is 0 Å². The molecule has 1 aromatic carbocycles. The monoisotopic (exact) mass is 408 g/mol.